The van der Waals surface area contributed by atoms with Crippen molar-refractivity contribution in [3.8, 4) is 0 Å². The number of rotatable bonds is 6. The van der Waals surface area contributed by atoms with Crippen molar-refractivity contribution in [1.82, 2.24) is 24.4 Å². The molecule has 1 saturated heterocycles. The second kappa shape index (κ2) is 7.96. The molecule has 8 nitrogen and oxygen atoms in total. The van der Waals surface area contributed by atoms with Crippen molar-refractivity contribution < 1.29 is 4.74 Å². The number of methoxy groups -OCH3 is 1. The Morgan fingerprint density at radius 2 is 2.07 bits per heavy atom. The first-order valence-electron chi connectivity index (χ1n) is 9.91. The number of anilines is 3. The number of nitrogens with one attached hydrogen (secondary N) is 1. The Morgan fingerprint density at radius 3 is 2.83 bits per heavy atom. The van der Waals surface area contributed by atoms with Gasteiger partial charge in [-0.1, -0.05) is 0 Å². The molecule has 0 saturated carbocycles. The van der Waals surface area contributed by atoms with Gasteiger partial charge in [-0.15, -0.1) is 0 Å². The molecule has 0 radical (unpaired) electrons. The molecule has 8 heteroatoms. The summed E-state index contributed by atoms with van der Waals surface area (Å²) in [5, 5.41) is 3.40. The molecule has 1 N–H and O–H groups in total. The Labute approximate surface area is 171 Å². The van der Waals surface area contributed by atoms with Crippen molar-refractivity contribution in [2.45, 2.75) is 25.5 Å². The van der Waals surface area contributed by atoms with Gasteiger partial charge in [0.2, 0.25) is 0 Å². The van der Waals surface area contributed by atoms with E-state index in [4.69, 9.17) is 4.74 Å². The summed E-state index contributed by atoms with van der Waals surface area (Å²) in [7, 11) is 8.01. The van der Waals surface area contributed by atoms with E-state index >= 15 is 0 Å². The lowest BCUT2D eigenvalue weighted by atomic mass is 10.2. The fourth-order valence-corrected chi connectivity index (χ4v) is 4.04. The van der Waals surface area contributed by atoms with E-state index in [1.54, 1.807) is 13.4 Å². The van der Waals surface area contributed by atoms with Gasteiger partial charge in [0.15, 0.2) is 0 Å². The molecule has 3 aromatic rings. The summed E-state index contributed by atoms with van der Waals surface area (Å²) in [6.45, 7) is 3.81. The predicted molar refractivity (Wildman–Crippen MR) is 116 cm³/mol. The van der Waals surface area contributed by atoms with Gasteiger partial charge in [0.05, 0.1) is 17.1 Å². The zero-order chi connectivity index (χ0) is 20.5. The van der Waals surface area contributed by atoms with E-state index in [0.717, 1.165) is 53.7 Å². The molecular formula is C21H29N7O. The van der Waals surface area contributed by atoms with Gasteiger partial charge in [0.25, 0.3) is 0 Å². The van der Waals surface area contributed by atoms with Gasteiger partial charge in [-0.05, 0) is 45.6 Å². The van der Waals surface area contributed by atoms with E-state index in [1.165, 1.54) is 0 Å². The Hall–Kier alpha value is -2.71. The number of benzene rings is 1. The Kier molecular flexibility index (Phi) is 5.38. The third kappa shape index (κ3) is 4.04. The normalized spacial score (nSPS) is 19.4. The molecular weight excluding hydrogens is 366 g/mol. The van der Waals surface area contributed by atoms with Crippen LogP contribution in [0.25, 0.3) is 11.0 Å². The summed E-state index contributed by atoms with van der Waals surface area (Å²) in [6.07, 6.45) is 2.84. The molecule has 1 aliphatic rings. The minimum atomic E-state index is 0.223. The van der Waals surface area contributed by atoms with Crippen molar-refractivity contribution in [1.29, 1.82) is 0 Å². The largest absolute Gasteiger partial charge is 0.380 e. The van der Waals surface area contributed by atoms with Crippen LogP contribution in [-0.4, -0.2) is 70.9 Å². The zero-order valence-corrected chi connectivity index (χ0v) is 17.8. The maximum atomic E-state index is 5.62. The number of likely N-dealkylation sites (N-methyl/N-ethyl adjacent to an activating group) is 1. The molecule has 1 aliphatic heterocycles. The minimum Gasteiger partial charge on any atom is -0.380 e. The number of hydrogen-bond donors (Lipinski definition) is 1. The number of nitrogens with zero attached hydrogens (tertiary/aromatic N) is 6. The number of ether oxygens (including phenoxy) is 1. The highest BCUT2D eigenvalue weighted by molar-refractivity contribution is 5.81. The summed E-state index contributed by atoms with van der Waals surface area (Å²) >= 11 is 0. The quantitative estimate of drug-likeness (QED) is 0.688. The monoisotopic (exact) mass is 395 g/mol. The lowest BCUT2D eigenvalue weighted by Gasteiger charge is -2.27. The number of hydrogen-bond acceptors (Lipinski definition) is 7. The van der Waals surface area contributed by atoms with E-state index < -0.39 is 0 Å². The predicted octanol–water partition coefficient (Wildman–Crippen LogP) is 2.57. The first-order chi connectivity index (χ1) is 13.9. The Morgan fingerprint density at radius 1 is 1.24 bits per heavy atom. The molecule has 1 fully saturated rings. The summed E-state index contributed by atoms with van der Waals surface area (Å²) in [5.74, 6) is 2.69. The zero-order valence-electron chi connectivity index (χ0n) is 17.8. The topological polar surface area (TPSA) is 71.3 Å². The van der Waals surface area contributed by atoms with Crippen LogP contribution in [0.2, 0.25) is 0 Å². The average molecular weight is 396 g/mol. The highest BCUT2D eigenvalue weighted by Gasteiger charge is 2.33. The lowest BCUT2D eigenvalue weighted by molar-refractivity contribution is 0.117. The van der Waals surface area contributed by atoms with Gasteiger partial charge in [-0.25, -0.2) is 15.0 Å². The van der Waals surface area contributed by atoms with Gasteiger partial charge < -0.3 is 24.4 Å². The first-order valence-corrected chi connectivity index (χ1v) is 9.91. The third-order valence-corrected chi connectivity index (χ3v) is 5.61. The van der Waals surface area contributed by atoms with Crippen LogP contribution in [-0.2, 0) is 11.8 Å². The summed E-state index contributed by atoms with van der Waals surface area (Å²) in [5.41, 5.74) is 3.05. The van der Waals surface area contributed by atoms with Crippen molar-refractivity contribution in [2.75, 3.05) is 44.5 Å². The number of imidazole rings is 1. The number of aryl methyl sites for hydroxylation is 2. The molecule has 29 heavy (non-hydrogen) atoms. The molecule has 154 valence electrons. The third-order valence-electron chi connectivity index (χ3n) is 5.61. The molecule has 0 unspecified atom stereocenters. The first kappa shape index (κ1) is 19.6. The van der Waals surface area contributed by atoms with Crippen molar-refractivity contribution in [3.63, 3.8) is 0 Å². The van der Waals surface area contributed by atoms with Gasteiger partial charge in [-0.2, -0.15) is 0 Å². The maximum absolute atomic E-state index is 5.62. The molecule has 3 heterocycles. The van der Waals surface area contributed by atoms with Crippen LogP contribution in [0.1, 0.15) is 12.2 Å². The molecule has 1 aromatic carbocycles. The van der Waals surface area contributed by atoms with E-state index in [-0.39, 0.29) is 6.10 Å². The van der Waals surface area contributed by atoms with Crippen molar-refractivity contribution in [3.05, 3.63) is 36.4 Å². The van der Waals surface area contributed by atoms with Crippen LogP contribution in [0.3, 0.4) is 0 Å². The number of fused-ring (bicyclic) bond motifs is 1. The van der Waals surface area contributed by atoms with E-state index in [0.29, 0.717) is 6.04 Å². The second-order valence-corrected chi connectivity index (χ2v) is 7.97. The fourth-order valence-electron chi connectivity index (χ4n) is 4.04. The minimum absolute atomic E-state index is 0.223. The molecule has 0 amide bonds. The van der Waals surface area contributed by atoms with Crippen molar-refractivity contribution in [2.24, 2.45) is 7.05 Å². The smallest absolute Gasteiger partial charge is 0.135 e. The van der Waals surface area contributed by atoms with Crippen LogP contribution in [0, 0.1) is 6.92 Å². The Balaban J connectivity index is 1.57. The number of aromatic nitrogens is 4. The molecule has 0 aliphatic carbocycles. The van der Waals surface area contributed by atoms with Crippen LogP contribution in [0.4, 0.5) is 17.3 Å². The van der Waals surface area contributed by atoms with Crippen LogP contribution in [0.5, 0.6) is 0 Å². The SMILES string of the molecule is CO[C@H]1C[C@@H](CN(C)C)N(c2cc(Nc3ccc4c(c3)nc(C)n4C)ncn2)C1. The molecule has 2 aromatic heterocycles. The second-order valence-electron chi connectivity index (χ2n) is 7.97. The Bertz CT molecular complexity index is 1000. The van der Waals surface area contributed by atoms with E-state index in [9.17, 15) is 0 Å². The standard InChI is InChI=1S/C21H29N7O/c1-14-24-18-8-15(6-7-19(18)27(14)4)25-20-10-21(23-13-22-20)28-12-17(29-5)9-16(28)11-26(2)3/h6-8,10,13,16-17H,9,11-12H2,1-5H3,(H,22,23,25)/t16-,17-/m0/s1. The van der Waals surface area contributed by atoms with E-state index in [2.05, 4.69) is 66.9 Å². The molecule has 4 rings (SSSR count). The summed E-state index contributed by atoms with van der Waals surface area (Å²) < 4.78 is 7.71. The molecule has 0 spiro atoms. The van der Waals surface area contributed by atoms with Crippen molar-refractivity contribution >= 4 is 28.4 Å². The lowest BCUT2D eigenvalue weighted by Crippen LogP contribution is -2.38. The molecule has 0 bridgehead atoms. The van der Waals surface area contributed by atoms with Crippen LogP contribution in [0.15, 0.2) is 30.6 Å². The van der Waals surface area contributed by atoms with Crippen LogP contribution < -0.4 is 10.2 Å². The van der Waals surface area contributed by atoms with Gasteiger partial charge >= 0.3 is 0 Å². The summed E-state index contributed by atoms with van der Waals surface area (Å²) in [6, 6.07) is 8.56. The molecule has 2 atom stereocenters. The fraction of sp³-hybridized carbons (Fsp3) is 0.476. The maximum Gasteiger partial charge on any atom is 0.135 e. The van der Waals surface area contributed by atoms with Gasteiger partial charge in [0.1, 0.15) is 23.8 Å². The van der Waals surface area contributed by atoms with E-state index in [1.807, 2.05) is 20.0 Å². The summed E-state index contributed by atoms with van der Waals surface area (Å²) in [4.78, 5) is 18.1. The highest BCUT2D eigenvalue weighted by atomic mass is 16.5. The highest BCUT2D eigenvalue weighted by Crippen LogP contribution is 2.28. The van der Waals surface area contributed by atoms with Gasteiger partial charge in [-0.3, -0.25) is 0 Å². The average Bonchev–Trinajstić information content (AvgIpc) is 3.22. The van der Waals surface area contributed by atoms with Gasteiger partial charge in [0, 0.05) is 45.0 Å². The van der Waals surface area contributed by atoms with Crippen LogP contribution >= 0.6 is 0 Å².